The van der Waals surface area contributed by atoms with Gasteiger partial charge in [0.25, 0.3) is 0 Å². The first-order valence-electron chi connectivity index (χ1n) is 7.26. The number of aryl methyl sites for hydroxylation is 2. The molecule has 0 bridgehead atoms. The smallest absolute Gasteiger partial charge is 0.246 e. The largest absolute Gasteiger partial charge is 0.334 e. The lowest BCUT2D eigenvalue weighted by atomic mass is 10.1. The number of carbonyl (C=O) groups excluding carboxylic acids is 1. The van der Waals surface area contributed by atoms with Crippen LogP contribution in [0.2, 0.25) is 0 Å². The fourth-order valence-electron chi connectivity index (χ4n) is 2.77. The number of imidazole rings is 1. The van der Waals surface area contributed by atoms with E-state index in [2.05, 4.69) is 40.4 Å². The van der Waals surface area contributed by atoms with Crippen LogP contribution in [0.3, 0.4) is 0 Å². The summed E-state index contributed by atoms with van der Waals surface area (Å²) in [5.41, 5.74) is 3.61. The number of aromatic nitrogens is 2. The molecule has 0 aliphatic carbocycles. The predicted molar refractivity (Wildman–Crippen MR) is 81.7 cm³/mol. The summed E-state index contributed by atoms with van der Waals surface area (Å²) >= 11 is 0. The van der Waals surface area contributed by atoms with Gasteiger partial charge in [0.15, 0.2) is 0 Å². The highest BCUT2D eigenvalue weighted by Crippen LogP contribution is 2.18. The second-order valence-electron chi connectivity index (χ2n) is 5.28. The molecule has 21 heavy (non-hydrogen) atoms. The van der Waals surface area contributed by atoms with Crippen molar-refractivity contribution >= 4 is 5.91 Å². The van der Waals surface area contributed by atoms with E-state index in [9.17, 15) is 4.79 Å². The fraction of sp³-hybridized carbons (Fsp3) is 0.294. The van der Waals surface area contributed by atoms with Crippen molar-refractivity contribution in [3.63, 3.8) is 0 Å². The van der Waals surface area contributed by atoms with Gasteiger partial charge < -0.3 is 9.47 Å². The van der Waals surface area contributed by atoms with E-state index < -0.39 is 0 Å². The number of benzene rings is 1. The summed E-state index contributed by atoms with van der Waals surface area (Å²) in [5.74, 6) is -0.0144. The lowest BCUT2D eigenvalue weighted by molar-refractivity contribution is -0.126. The Morgan fingerprint density at radius 3 is 2.90 bits per heavy atom. The fourth-order valence-corrected chi connectivity index (χ4v) is 2.77. The summed E-state index contributed by atoms with van der Waals surface area (Å²) in [5, 5.41) is 0. The van der Waals surface area contributed by atoms with Gasteiger partial charge >= 0.3 is 0 Å². The van der Waals surface area contributed by atoms with Crippen LogP contribution in [-0.4, -0.2) is 26.9 Å². The van der Waals surface area contributed by atoms with Crippen LogP contribution >= 0.6 is 0 Å². The topological polar surface area (TPSA) is 38.1 Å². The Hall–Kier alpha value is -2.36. The molecule has 2 aromatic rings. The maximum Gasteiger partial charge on any atom is 0.246 e. The van der Waals surface area contributed by atoms with Crippen molar-refractivity contribution in [1.82, 2.24) is 14.5 Å². The number of fused-ring (bicyclic) bond motifs is 1. The number of nitrogens with zero attached hydrogens (tertiary/aromatic N) is 3. The first kappa shape index (κ1) is 13.6. The Bertz CT molecular complexity index is 645. The van der Waals surface area contributed by atoms with Gasteiger partial charge in [0.05, 0.1) is 18.6 Å². The molecule has 4 nitrogen and oxygen atoms in total. The van der Waals surface area contributed by atoms with Crippen LogP contribution in [0.4, 0.5) is 0 Å². The van der Waals surface area contributed by atoms with E-state index >= 15 is 0 Å². The summed E-state index contributed by atoms with van der Waals surface area (Å²) in [4.78, 5) is 17.9. The van der Waals surface area contributed by atoms with Crippen LogP contribution in [0.1, 0.15) is 17.0 Å². The molecule has 0 spiro atoms. The molecule has 0 saturated heterocycles. The van der Waals surface area contributed by atoms with E-state index in [1.165, 1.54) is 17.3 Å². The molecule has 0 saturated carbocycles. The van der Waals surface area contributed by atoms with E-state index in [-0.39, 0.29) is 5.91 Å². The van der Waals surface area contributed by atoms with E-state index in [1.807, 2.05) is 12.4 Å². The molecule has 0 N–H and O–H groups in total. The van der Waals surface area contributed by atoms with Gasteiger partial charge in [-0.05, 0) is 18.1 Å². The van der Waals surface area contributed by atoms with Gasteiger partial charge in [-0.3, -0.25) is 4.79 Å². The summed E-state index contributed by atoms with van der Waals surface area (Å²) in [6.07, 6.45) is 5.13. The Morgan fingerprint density at radius 2 is 2.14 bits per heavy atom. The molecule has 1 aromatic carbocycles. The molecule has 1 aliphatic heterocycles. The van der Waals surface area contributed by atoms with E-state index in [4.69, 9.17) is 0 Å². The highest BCUT2D eigenvalue weighted by molar-refractivity contribution is 5.87. The molecule has 0 fully saturated rings. The zero-order valence-electron chi connectivity index (χ0n) is 12.0. The highest BCUT2D eigenvalue weighted by atomic mass is 16.2. The first-order chi connectivity index (χ1) is 10.3. The molecule has 0 atom stereocenters. The summed E-state index contributed by atoms with van der Waals surface area (Å²) in [6, 6.07) is 10.5. The Kier molecular flexibility index (Phi) is 3.86. The van der Waals surface area contributed by atoms with Crippen LogP contribution in [0.25, 0.3) is 0 Å². The molecule has 1 amide bonds. The standard InChI is InChI=1S/C17H19N3O/c1-2-17(21)19-11-9-16-15(12-19)18-13-20(16)10-8-14-6-4-3-5-7-14/h2-7,13H,1,8-12H2. The first-order valence-corrected chi connectivity index (χ1v) is 7.26. The third kappa shape index (κ3) is 2.89. The van der Waals surface area contributed by atoms with Gasteiger partial charge in [0.1, 0.15) is 0 Å². The van der Waals surface area contributed by atoms with Crippen molar-refractivity contribution in [1.29, 1.82) is 0 Å². The molecule has 0 unspecified atom stereocenters. The quantitative estimate of drug-likeness (QED) is 0.806. The molecule has 2 heterocycles. The number of hydrogen-bond acceptors (Lipinski definition) is 2. The van der Waals surface area contributed by atoms with Crippen molar-refractivity contribution in [2.75, 3.05) is 6.54 Å². The highest BCUT2D eigenvalue weighted by Gasteiger charge is 2.22. The van der Waals surface area contributed by atoms with Gasteiger partial charge in [-0.2, -0.15) is 0 Å². The van der Waals surface area contributed by atoms with E-state index in [0.717, 1.165) is 31.6 Å². The third-order valence-electron chi connectivity index (χ3n) is 3.96. The van der Waals surface area contributed by atoms with E-state index in [0.29, 0.717) is 6.54 Å². The number of hydrogen-bond donors (Lipinski definition) is 0. The minimum absolute atomic E-state index is 0.0144. The Morgan fingerprint density at radius 1 is 1.33 bits per heavy atom. The monoisotopic (exact) mass is 281 g/mol. The molecule has 3 rings (SSSR count). The van der Waals surface area contributed by atoms with Gasteiger partial charge in [0, 0.05) is 25.2 Å². The average molecular weight is 281 g/mol. The maximum absolute atomic E-state index is 11.7. The van der Waals surface area contributed by atoms with Gasteiger partial charge in [0.2, 0.25) is 5.91 Å². The number of carbonyl (C=O) groups is 1. The third-order valence-corrected chi connectivity index (χ3v) is 3.96. The van der Waals surface area contributed by atoms with Crippen molar-refractivity contribution in [2.45, 2.75) is 25.9 Å². The SMILES string of the molecule is C=CC(=O)N1CCc2c(ncn2CCc2ccccc2)C1. The number of amides is 1. The Labute approximate surface area is 124 Å². The molecule has 1 aromatic heterocycles. The van der Waals surface area contributed by atoms with Crippen LogP contribution in [0, 0.1) is 0 Å². The zero-order chi connectivity index (χ0) is 14.7. The molecule has 4 heteroatoms. The predicted octanol–water partition coefficient (Wildman–Crippen LogP) is 2.20. The van der Waals surface area contributed by atoms with Crippen LogP contribution < -0.4 is 0 Å². The second kappa shape index (κ2) is 5.95. The van der Waals surface area contributed by atoms with Crippen LogP contribution in [0.15, 0.2) is 49.3 Å². The van der Waals surface area contributed by atoms with Crippen molar-refractivity contribution in [3.05, 3.63) is 66.3 Å². The Balaban J connectivity index is 1.69. The van der Waals surface area contributed by atoms with Crippen molar-refractivity contribution in [2.24, 2.45) is 0 Å². The maximum atomic E-state index is 11.7. The van der Waals surface area contributed by atoms with Crippen molar-refractivity contribution < 1.29 is 4.79 Å². The molecule has 1 aliphatic rings. The summed E-state index contributed by atoms with van der Waals surface area (Å²) < 4.78 is 2.22. The zero-order valence-corrected chi connectivity index (χ0v) is 12.0. The minimum atomic E-state index is -0.0144. The molecular formula is C17H19N3O. The minimum Gasteiger partial charge on any atom is -0.334 e. The lowest BCUT2D eigenvalue weighted by Gasteiger charge is -2.26. The van der Waals surface area contributed by atoms with Gasteiger partial charge in [-0.25, -0.2) is 4.98 Å². The average Bonchev–Trinajstić information content (AvgIpc) is 2.95. The van der Waals surface area contributed by atoms with Crippen LogP contribution in [-0.2, 0) is 30.7 Å². The van der Waals surface area contributed by atoms with Gasteiger partial charge in [-0.15, -0.1) is 0 Å². The van der Waals surface area contributed by atoms with Crippen LogP contribution in [0.5, 0.6) is 0 Å². The normalized spacial score (nSPS) is 13.8. The molecular weight excluding hydrogens is 262 g/mol. The molecule has 108 valence electrons. The summed E-state index contributed by atoms with van der Waals surface area (Å²) in [7, 11) is 0. The van der Waals surface area contributed by atoms with Crippen molar-refractivity contribution in [3.8, 4) is 0 Å². The molecule has 0 radical (unpaired) electrons. The lowest BCUT2D eigenvalue weighted by Crippen LogP contribution is -2.35. The summed E-state index contributed by atoms with van der Waals surface area (Å²) in [6.45, 7) is 5.82. The van der Waals surface area contributed by atoms with Gasteiger partial charge in [-0.1, -0.05) is 36.9 Å². The van der Waals surface area contributed by atoms with E-state index in [1.54, 1.807) is 4.90 Å². The second-order valence-corrected chi connectivity index (χ2v) is 5.28. The number of rotatable bonds is 4.